The van der Waals surface area contributed by atoms with Crippen molar-refractivity contribution in [2.24, 2.45) is 0 Å². The zero-order valence-electron chi connectivity index (χ0n) is 12.1. The number of hydrogen-bond acceptors (Lipinski definition) is 3. The topological polar surface area (TPSA) is 35.5 Å². The van der Waals surface area contributed by atoms with Gasteiger partial charge in [-0.3, -0.25) is 0 Å². The van der Waals surface area contributed by atoms with Gasteiger partial charge in [-0.1, -0.05) is 24.3 Å². The van der Waals surface area contributed by atoms with Crippen LogP contribution >= 0.6 is 0 Å². The fourth-order valence-corrected chi connectivity index (χ4v) is 2.50. The molecule has 0 atom stereocenters. The van der Waals surface area contributed by atoms with Crippen molar-refractivity contribution in [2.45, 2.75) is 13.5 Å². The molecule has 0 spiro atoms. The van der Waals surface area contributed by atoms with Crippen LogP contribution in [0.5, 0.6) is 5.75 Å². The molecule has 0 unspecified atom stereocenters. The van der Waals surface area contributed by atoms with Crippen LogP contribution in [0.25, 0.3) is 5.57 Å². The van der Waals surface area contributed by atoms with Crippen molar-refractivity contribution in [2.75, 3.05) is 6.61 Å². The molecule has 0 amide bonds. The fourth-order valence-electron chi connectivity index (χ4n) is 2.50. The smallest absolute Gasteiger partial charge is 0.331 e. The number of fused-ring (bicyclic) bond motifs is 2. The van der Waals surface area contributed by atoms with E-state index in [1.807, 2.05) is 24.3 Å². The van der Waals surface area contributed by atoms with Crippen molar-refractivity contribution >= 4 is 11.5 Å². The molecule has 0 saturated heterocycles. The minimum atomic E-state index is -0.426. The fraction of sp³-hybridized carbons (Fsp3) is 0.167. The Bertz CT molecular complexity index is 750. The highest BCUT2D eigenvalue weighted by Crippen LogP contribution is 2.37. The average molecular weight is 298 g/mol. The van der Waals surface area contributed by atoms with Gasteiger partial charge in [-0.15, -0.1) is 0 Å². The van der Waals surface area contributed by atoms with Crippen LogP contribution in [0.15, 0.2) is 48.5 Å². The van der Waals surface area contributed by atoms with E-state index in [9.17, 15) is 9.18 Å². The van der Waals surface area contributed by atoms with Crippen molar-refractivity contribution in [3.8, 4) is 5.75 Å². The first-order valence-corrected chi connectivity index (χ1v) is 7.08. The third-order valence-corrected chi connectivity index (χ3v) is 3.47. The lowest BCUT2D eigenvalue weighted by atomic mass is 9.94. The maximum absolute atomic E-state index is 13.5. The van der Waals surface area contributed by atoms with E-state index in [1.165, 1.54) is 18.2 Å². The maximum Gasteiger partial charge on any atom is 0.331 e. The Hall–Kier alpha value is -2.62. The van der Waals surface area contributed by atoms with Crippen LogP contribution in [0.2, 0.25) is 0 Å². The summed E-state index contributed by atoms with van der Waals surface area (Å²) in [6.45, 7) is 2.38. The molecular weight excluding hydrogens is 283 g/mol. The highest BCUT2D eigenvalue weighted by molar-refractivity contribution is 5.98. The van der Waals surface area contributed by atoms with Crippen molar-refractivity contribution in [3.05, 3.63) is 71.0 Å². The van der Waals surface area contributed by atoms with E-state index < -0.39 is 5.97 Å². The summed E-state index contributed by atoms with van der Waals surface area (Å²) in [7, 11) is 0. The molecule has 0 N–H and O–H groups in total. The summed E-state index contributed by atoms with van der Waals surface area (Å²) in [5.41, 5.74) is 3.19. The summed E-state index contributed by atoms with van der Waals surface area (Å²) in [6, 6.07) is 12.0. The van der Waals surface area contributed by atoms with E-state index in [0.717, 1.165) is 11.1 Å². The predicted molar refractivity (Wildman–Crippen MR) is 80.9 cm³/mol. The van der Waals surface area contributed by atoms with Crippen LogP contribution in [0.4, 0.5) is 4.39 Å². The van der Waals surface area contributed by atoms with Crippen molar-refractivity contribution in [1.82, 2.24) is 0 Å². The molecule has 3 nitrogen and oxygen atoms in total. The Morgan fingerprint density at radius 3 is 2.91 bits per heavy atom. The summed E-state index contributed by atoms with van der Waals surface area (Å²) in [4.78, 5) is 11.9. The minimum Gasteiger partial charge on any atom is -0.488 e. The lowest BCUT2D eigenvalue weighted by Crippen LogP contribution is -2.02. The van der Waals surface area contributed by atoms with Crippen LogP contribution in [0.3, 0.4) is 0 Å². The Morgan fingerprint density at radius 1 is 1.27 bits per heavy atom. The monoisotopic (exact) mass is 298 g/mol. The average Bonchev–Trinajstić information content (AvgIpc) is 2.65. The Labute approximate surface area is 128 Å². The largest absolute Gasteiger partial charge is 0.488 e. The summed E-state index contributed by atoms with van der Waals surface area (Å²) in [5, 5.41) is 0. The second kappa shape index (κ2) is 6.02. The summed E-state index contributed by atoms with van der Waals surface area (Å²) >= 11 is 0. The zero-order valence-corrected chi connectivity index (χ0v) is 12.1. The molecule has 0 aromatic heterocycles. The third kappa shape index (κ3) is 2.72. The van der Waals surface area contributed by atoms with Crippen LogP contribution in [-0.2, 0) is 16.1 Å². The van der Waals surface area contributed by atoms with E-state index in [2.05, 4.69) is 0 Å². The molecule has 2 aromatic rings. The molecule has 1 heterocycles. The van der Waals surface area contributed by atoms with Gasteiger partial charge in [0, 0.05) is 23.3 Å². The second-order valence-corrected chi connectivity index (χ2v) is 4.90. The molecule has 0 fully saturated rings. The zero-order chi connectivity index (χ0) is 15.5. The third-order valence-electron chi connectivity index (χ3n) is 3.47. The number of carbonyl (C=O) groups excluding carboxylic acids is 1. The highest BCUT2D eigenvalue weighted by atomic mass is 19.1. The maximum atomic E-state index is 13.5. The number of rotatable bonds is 2. The molecular formula is C18H15FO3. The summed E-state index contributed by atoms with van der Waals surface area (Å²) < 4.78 is 24.2. The van der Waals surface area contributed by atoms with Gasteiger partial charge in [0.1, 0.15) is 18.2 Å². The lowest BCUT2D eigenvalue weighted by Gasteiger charge is -2.10. The van der Waals surface area contributed by atoms with Gasteiger partial charge in [0.05, 0.1) is 6.61 Å². The molecule has 1 aliphatic rings. The quantitative estimate of drug-likeness (QED) is 0.626. The van der Waals surface area contributed by atoms with E-state index >= 15 is 0 Å². The highest BCUT2D eigenvalue weighted by Gasteiger charge is 2.20. The molecule has 0 bridgehead atoms. The molecule has 0 radical (unpaired) electrons. The molecule has 3 rings (SSSR count). The van der Waals surface area contributed by atoms with Gasteiger partial charge >= 0.3 is 5.97 Å². The van der Waals surface area contributed by atoms with Crippen LogP contribution in [0, 0.1) is 5.82 Å². The number of hydrogen-bond donors (Lipinski definition) is 0. The molecule has 0 aliphatic carbocycles. The van der Waals surface area contributed by atoms with Crippen molar-refractivity contribution < 1.29 is 18.7 Å². The Kier molecular flexibility index (Phi) is 3.92. The molecule has 2 aromatic carbocycles. The molecule has 112 valence electrons. The standard InChI is InChI=1S/C18H15FO3/c1-2-21-18(20)10-16-14-6-4-3-5-12(14)11-22-17-9-13(19)7-8-15(16)17/h3-10H,2,11H2,1H3/b16-10+. The SMILES string of the molecule is CCOC(=O)/C=C1\c2ccccc2COc2cc(F)ccc21. The van der Waals surface area contributed by atoms with Gasteiger partial charge in [0.2, 0.25) is 0 Å². The molecule has 0 saturated carbocycles. The number of carbonyl (C=O) groups is 1. The van der Waals surface area contributed by atoms with Gasteiger partial charge in [0.25, 0.3) is 0 Å². The van der Waals surface area contributed by atoms with Gasteiger partial charge < -0.3 is 9.47 Å². The first-order chi connectivity index (χ1) is 10.7. The molecule has 22 heavy (non-hydrogen) atoms. The van der Waals surface area contributed by atoms with Gasteiger partial charge in [-0.25, -0.2) is 9.18 Å². The number of halogens is 1. The number of benzene rings is 2. The van der Waals surface area contributed by atoms with Crippen molar-refractivity contribution in [1.29, 1.82) is 0 Å². The van der Waals surface area contributed by atoms with E-state index in [0.29, 0.717) is 30.1 Å². The first-order valence-electron chi connectivity index (χ1n) is 7.08. The van der Waals surface area contributed by atoms with Gasteiger partial charge in [-0.2, -0.15) is 0 Å². The Morgan fingerprint density at radius 2 is 2.09 bits per heavy atom. The van der Waals surface area contributed by atoms with E-state index in [-0.39, 0.29) is 5.82 Å². The van der Waals surface area contributed by atoms with Crippen LogP contribution < -0.4 is 4.74 Å². The second-order valence-electron chi connectivity index (χ2n) is 4.90. The Balaban J connectivity index is 2.19. The first kappa shape index (κ1) is 14.3. The van der Waals surface area contributed by atoms with Crippen LogP contribution in [-0.4, -0.2) is 12.6 Å². The number of ether oxygens (including phenoxy) is 2. The molecule has 1 aliphatic heterocycles. The number of esters is 1. The van der Waals surface area contributed by atoms with E-state index in [1.54, 1.807) is 13.0 Å². The summed E-state index contributed by atoms with van der Waals surface area (Å²) in [6.07, 6.45) is 1.44. The van der Waals surface area contributed by atoms with Gasteiger partial charge in [0.15, 0.2) is 0 Å². The lowest BCUT2D eigenvalue weighted by molar-refractivity contribution is -0.137. The predicted octanol–water partition coefficient (Wildman–Crippen LogP) is 3.71. The normalized spacial score (nSPS) is 14.5. The summed E-state index contributed by atoms with van der Waals surface area (Å²) in [5.74, 6) is -0.378. The molecule has 4 heteroatoms. The van der Waals surface area contributed by atoms with E-state index in [4.69, 9.17) is 9.47 Å². The van der Waals surface area contributed by atoms with Crippen molar-refractivity contribution in [3.63, 3.8) is 0 Å². The van der Waals surface area contributed by atoms with Crippen LogP contribution in [0.1, 0.15) is 23.6 Å². The van der Waals surface area contributed by atoms with Gasteiger partial charge in [-0.05, 0) is 30.2 Å². The minimum absolute atomic E-state index is 0.303.